The van der Waals surface area contributed by atoms with Crippen LogP contribution in [0.2, 0.25) is 0 Å². The van der Waals surface area contributed by atoms with Crippen LogP contribution in [0.1, 0.15) is 32.1 Å². The predicted octanol–water partition coefficient (Wildman–Crippen LogP) is 4.29. The van der Waals surface area contributed by atoms with Gasteiger partial charge < -0.3 is 15.4 Å². The molecule has 1 aromatic rings. The Morgan fingerprint density at radius 3 is 2.64 bits per heavy atom. The molecule has 4 nitrogen and oxygen atoms in total. The van der Waals surface area contributed by atoms with Gasteiger partial charge >= 0.3 is 12.4 Å². The molecule has 7 heteroatoms. The van der Waals surface area contributed by atoms with Crippen LogP contribution in [0.25, 0.3) is 0 Å². The molecule has 2 N–H and O–H groups in total. The van der Waals surface area contributed by atoms with Crippen LogP contribution in [0.15, 0.2) is 24.3 Å². The molecule has 1 aliphatic rings. The lowest BCUT2D eigenvalue weighted by Crippen LogP contribution is -2.33. The lowest BCUT2D eigenvalue weighted by molar-refractivity contribution is -0.274. The SMILES string of the molecule is O=C(NCC1CCCCC1)Nc1cccc(OC(F)(F)F)c1. The molecule has 0 unspecified atom stereocenters. The van der Waals surface area contributed by atoms with Gasteiger partial charge in [-0.1, -0.05) is 25.3 Å². The molecule has 0 aliphatic heterocycles. The van der Waals surface area contributed by atoms with E-state index in [9.17, 15) is 18.0 Å². The van der Waals surface area contributed by atoms with Gasteiger partial charge in [0.2, 0.25) is 0 Å². The first-order valence-electron chi connectivity index (χ1n) is 7.33. The van der Waals surface area contributed by atoms with E-state index in [4.69, 9.17) is 0 Å². The molecule has 122 valence electrons. The van der Waals surface area contributed by atoms with Gasteiger partial charge in [-0.15, -0.1) is 13.2 Å². The first kappa shape index (κ1) is 16.5. The van der Waals surface area contributed by atoms with Gasteiger partial charge in [-0.3, -0.25) is 0 Å². The number of alkyl halides is 3. The molecule has 2 amide bonds. The molecule has 1 fully saturated rings. The summed E-state index contributed by atoms with van der Waals surface area (Å²) in [6.07, 6.45) is 1.08. The largest absolute Gasteiger partial charge is 0.573 e. The van der Waals surface area contributed by atoms with Crippen molar-refractivity contribution >= 4 is 11.7 Å². The fourth-order valence-corrected chi connectivity index (χ4v) is 2.57. The Morgan fingerprint density at radius 2 is 1.95 bits per heavy atom. The third-order valence-corrected chi connectivity index (χ3v) is 3.60. The highest BCUT2D eigenvalue weighted by Crippen LogP contribution is 2.25. The zero-order valence-electron chi connectivity index (χ0n) is 12.1. The number of carbonyl (C=O) groups is 1. The van der Waals surface area contributed by atoms with Gasteiger partial charge in [0.05, 0.1) is 0 Å². The number of carbonyl (C=O) groups excluding carboxylic acids is 1. The molecule has 0 radical (unpaired) electrons. The highest BCUT2D eigenvalue weighted by molar-refractivity contribution is 5.89. The minimum Gasteiger partial charge on any atom is -0.406 e. The summed E-state index contributed by atoms with van der Waals surface area (Å²) in [4.78, 5) is 11.8. The monoisotopic (exact) mass is 316 g/mol. The summed E-state index contributed by atoms with van der Waals surface area (Å²) in [7, 11) is 0. The van der Waals surface area contributed by atoms with E-state index in [2.05, 4.69) is 15.4 Å². The quantitative estimate of drug-likeness (QED) is 0.870. The van der Waals surface area contributed by atoms with Crippen molar-refractivity contribution in [2.75, 3.05) is 11.9 Å². The number of urea groups is 1. The number of amides is 2. The lowest BCUT2D eigenvalue weighted by atomic mass is 9.89. The second-order valence-electron chi connectivity index (χ2n) is 5.41. The molecule has 0 atom stereocenters. The second-order valence-corrected chi connectivity index (χ2v) is 5.41. The Balaban J connectivity index is 1.81. The number of ether oxygens (including phenoxy) is 1. The summed E-state index contributed by atoms with van der Waals surface area (Å²) in [6, 6.07) is 4.78. The van der Waals surface area contributed by atoms with Crippen LogP contribution in [0, 0.1) is 5.92 Å². The van der Waals surface area contributed by atoms with Gasteiger partial charge in [-0.25, -0.2) is 4.79 Å². The number of halogens is 3. The van der Waals surface area contributed by atoms with Crippen LogP contribution >= 0.6 is 0 Å². The van der Waals surface area contributed by atoms with Crippen LogP contribution in [-0.2, 0) is 0 Å². The van der Waals surface area contributed by atoms with Crippen molar-refractivity contribution in [3.05, 3.63) is 24.3 Å². The minimum atomic E-state index is -4.75. The minimum absolute atomic E-state index is 0.253. The smallest absolute Gasteiger partial charge is 0.406 e. The van der Waals surface area contributed by atoms with E-state index < -0.39 is 12.4 Å². The van der Waals surface area contributed by atoms with Gasteiger partial charge in [0.1, 0.15) is 5.75 Å². The zero-order chi connectivity index (χ0) is 16.0. The number of rotatable bonds is 4. The molecular formula is C15H19F3N2O2. The first-order chi connectivity index (χ1) is 10.4. The van der Waals surface area contributed by atoms with Crippen molar-refractivity contribution in [1.29, 1.82) is 0 Å². The van der Waals surface area contributed by atoms with Crippen molar-refractivity contribution in [1.82, 2.24) is 5.32 Å². The highest BCUT2D eigenvalue weighted by Gasteiger charge is 2.31. The van der Waals surface area contributed by atoms with Crippen molar-refractivity contribution in [2.24, 2.45) is 5.92 Å². The fourth-order valence-electron chi connectivity index (χ4n) is 2.57. The maximum atomic E-state index is 12.1. The number of anilines is 1. The van der Waals surface area contributed by atoms with Crippen molar-refractivity contribution in [2.45, 2.75) is 38.5 Å². The van der Waals surface area contributed by atoms with Crippen molar-refractivity contribution in [3.8, 4) is 5.75 Å². The third kappa shape index (κ3) is 5.83. The molecular weight excluding hydrogens is 297 g/mol. The normalized spacial score (nSPS) is 16.1. The fraction of sp³-hybridized carbons (Fsp3) is 0.533. The van der Waals surface area contributed by atoms with E-state index in [1.54, 1.807) is 0 Å². The summed E-state index contributed by atoms with van der Waals surface area (Å²) < 4.78 is 40.2. The Labute approximate surface area is 127 Å². The first-order valence-corrected chi connectivity index (χ1v) is 7.33. The molecule has 1 aliphatic carbocycles. The average molecular weight is 316 g/mol. The van der Waals surface area contributed by atoms with Crippen molar-refractivity contribution < 1.29 is 22.7 Å². The van der Waals surface area contributed by atoms with Gasteiger partial charge in [0, 0.05) is 18.3 Å². The van der Waals surface area contributed by atoms with Crippen LogP contribution in [0.5, 0.6) is 5.75 Å². The molecule has 1 saturated carbocycles. The topological polar surface area (TPSA) is 50.4 Å². The molecule has 2 rings (SSSR count). The van der Waals surface area contributed by atoms with E-state index in [0.717, 1.165) is 18.9 Å². The predicted molar refractivity (Wildman–Crippen MR) is 76.7 cm³/mol. The van der Waals surface area contributed by atoms with Gasteiger partial charge in [0.25, 0.3) is 0 Å². The Bertz CT molecular complexity index is 500. The maximum Gasteiger partial charge on any atom is 0.573 e. The molecule has 0 saturated heterocycles. The van der Waals surface area contributed by atoms with E-state index in [1.165, 1.54) is 37.5 Å². The molecule has 0 heterocycles. The zero-order valence-corrected chi connectivity index (χ0v) is 12.1. The van der Waals surface area contributed by atoms with E-state index >= 15 is 0 Å². The second kappa shape index (κ2) is 7.38. The van der Waals surface area contributed by atoms with E-state index in [1.807, 2.05) is 0 Å². The summed E-state index contributed by atoms with van der Waals surface area (Å²) in [5, 5.41) is 5.27. The third-order valence-electron chi connectivity index (χ3n) is 3.60. The van der Waals surface area contributed by atoms with Gasteiger partial charge in [-0.2, -0.15) is 0 Å². The summed E-state index contributed by atoms with van der Waals surface area (Å²) in [5.41, 5.74) is 0.253. The van der Waals surface area contributed by atoms with E-state index in [-0.39, 0.29) is 11.4 Å². The summed E-state index contributed by atoms with van der Waals surface area (Å²) >= 11 is 0. The standard InChI is InChI=1S/C15H19F3N2O2/c16-15(17,18)22-13-8-4-7-12(9-13)20-14(21)19-10-11-5-2-1-3-6-11/h4,7-9,11H,1-3,5-6,10H2,(H2,19,20,21). The van der Waals surface area contributed by atoms with Gasteiger partial charge in [-0.05, 0) is 30.9 Å². The summed E-state index contributed by atoms with van der Waals surface area (Å²) in [6.45, 7) is 0.588. The lowest BCUT2D eigenvalue weighted by Gasteiger charge is -2.21. The maximum absolute atomic E-state index is 12.1. The Kier molecular flexibility index (Phi) is 5.51. The summed E-state index contributed by atoms with van der Waals surface area (Å²) in [5.74, 6) is 0.122. The number of benzene rings is 1. The van der Waals surface area contributed by atoms with E-state index in [0.29, 0.717) is 12.5 Å². The number of nitrogens with one attached hydrogen (secondary N) is 2. The molecule has 22 heavy (non-hydrogen) atoms. The Hall–Kier alpha value is -1.92. The molecule has 0 aromatic heterocycles. The van der Waals surface area contributed by atoms with Crippen LogP contribution in [0.3, 0.4) is 0 Å². The highest BCUT2D eigenvalue weighted by atomic mass is 19.4. The Morgan fingerprint density at radius 1 is 1.23 bits per heavy atom. The van der Waals surface area contributed by atoms with Crippen LogP contribution in [-0.4, -0.2) is 18.9 Å². The number of hydrogen-bond acceptors (Lipinski definition) is 2. The molecule has 0 spiro atoms. The van der Waals surface area contributed by atoms with Crippen molar-refractivity contribution in [3.63, 3.8) is 0 Å². The van der Waals surface area contributed by atoms with Crippen LogP contribution < -0.4 is 15.4 Å². The van der Waals surface area contributed by atoms with Crippen LogP contribution in [0.4, 0.5) is 23.7 Å². The van der Waals surface area contributed by atoms with Gasteiger partial charge in [0.15, 0.2) is 0 Å². The average Bonchev–Trinajstić information content (AvgIpc) is 2.45. The molecule has 1 aromatic carbocycles. The number of hydrogen-bond donors (Lipinski definition) is 2. The molecule has 0 bridgehead atoms.